The van der Waals surface area contributed by atoms with Crippen LogP contribution in [0.15, 0.2) is 4.36 Å². The number of nitrogens with one attached hydrogen (secondary N) is 1. The van der Waals surface area contributed by atoms with E-state index in [1.807, 2.05) is 0 Å². The summed E-state index contributed by atoms with van der Waals surface area (Å²) in [6, 6.07) is 0. The van der Waals surface area contributed by atoms with E-state index in [2.05, 4.69) is 11.5 Å². The van der Waals surface area contributed by atoms with Crippen LogP contribution in [-0.4, -0.2) is 5.88 Å². The molecule has 0 saturated carbocycles. The van der Waals surface area contributed by atoms with Crippen LogP contribution < -0.4 is 5.32 Å². The molecule has 0 aromatic heterocycles. The summed E-state index contributed by atoms with van der Waals surface area (Å²) in [4.78, 5) is 0. The zero-order valence-corrected chi connectivity index (χ0v) is 4.57. The Morgan fingerprint density at radius 2 is 2.83 bits per heavy atom. The molecule has 1 aliphatic heterocycles. The molecule has 3 heteroatoms. The summed E-state index contributed by atoms with van der Waals surface area (Å²) in [6.45, 7) is 0. The first-order valence-electron chi connectivity index (χ1n) is 1.54. The maximum absolute atomic E-state index is 5.42. The summed E-state index contributed by atoms with van der Waals surface area (Å²) in [5, 5.41) is 2.82. The summed E-state index contributed by atoms with van der Waals surface area (Å²) >= 11 is 6.98. The SMILES string of the molecule is ClC1=[C]NCS1. The van der Waals surface area contributed by atoms with Crippen LogP contribution in [0.1, 0.15) is 0 Å². The largest absolute Gasteiger partial charge is 0.372 e. The van der Waals surface area contributed by atoms with Gasteiger partial charge in [0.1, 0.15) is 4.36 Å². The summed E-state index contributed by atoms with van der Waals surface area (Å²) < 4.78 is 0.731. The minimum absolute atomic E-state index is 0.731. The third kappa shape index (κ3) is 0.820. The number of halogens is 1. The molecule has 33 valence electrons. The molecule has 6 heavy (non-hydrogen) atoms. The lowest BCUT2D eigenvalue weighted by molar-refractivity contribution is 1.05. The second-order valence-electron chi connectivity index (χ2n) is 0.864. The highest BCUT2D eigenvalue weighted by Crippen LogP contribution is 2.20. The maximum atomic E-state index is 5.42. The molecule has 0 spiro atoms. The van der Waals surface area contributed by atoms with Crippen LogP contribution in [0, 0.1) is 6.20 Å². The summed E-state index contributed by atoms with van der Waals surface area (Å²) in [7, 11) is 0. The van der Waals surface area contributed by atoms with Gasteiger partial charge in [-0.1, -0.05) is 23.4 Å². The summed E-state index contributed by atoms with van der Waals surface area (Å²) in [5.74, 6) is 0.874. The van der Waals surface area contributed by atoms with Gasteiger partial charge in [-0.3, -0.25) is 0 Å². The molecule has 1 radical (unpaired) electrons. The van der Waals surface area contributed by atoms with E-state index in [0.717, 1.165) is 10.2 Å². The fourth-order valence-electron chi connectivity index (χ4n) is 0.241. The van der Waals surface area contributed by atoms with Crippen LogP contribution in [0.2, 0.25) is 0 Å². The minimum Gasteiger partial charge on any atom is -0.372 e. The molecule has 1 N–H and O–H groups in total. The third-order valence-corrected chi connectivity index (χ3v) is 1.52. The smallest absolute Gasteiger partial charge is 0.101 e. The van der Waals surface area contributed by atoms with Gasteiger partial charge in [-0.25, -0.2) is 0 Å². The van der Waals surface area contributed by atoms with Crippen molar-refractivity contribution in [3.63, 3.8) is 0 Å². The number of hydrogen-bond donors (Lipinski definition) is 1. The third-order valence-electron chi connectivity index (χ3n) is 0.458. The second-order valence-corrected chi connectivity index (χ2v) is 2.45. The van der Waals surface area contributed by atoms with Gasteiger partial charge in [-0.05, 0) is 0 Å². The Morgan fingerprint density at radius 1 is 2.00 bits per heavy atom. The van der Waals surface area contributed by atoms with Gasteiger partial charge in [0.2, 0.25) is 0 Å². The van der Waals surface area contributed by atoms with Crippen molar-refractivity contribution in [1.29, 1.82) is 0 Å². The van der Waals surface area contributed by atoms with E-state index in [0.29, 0.717) is 0 Å². The molecule has 0 fully saturated rings. The van der Waals surface area contributed by atoms with Gasteiger partial charge in [0.15, 0.2) is 0 Å². The van der Waals surface area contributed by atoms with Crippen molar-refractivity contribution in [3.05, 3.63) is 10.6 Å². The molecular formula is C3H3ClNS. The Balaban J connectivity index is 2.45. The van der Waals surface area contributed by atoms with Crippen molar-refractivity contribution < 1.29 is 0 Å². The van der Waals surface area contributed by atoms with Crippen molar-refractivity contribution in [1.82, 2.24) is 5.32 Å². The predicted octanol–water partition coefficient (Wildman–Crippen LogP) is 1.12. The van der Waals surface area contributed by atoms with E-state index in [1.165, 1.54) is 0 Å². The topological polar surface area (TPSA) is 12.0 Å². The molecule has 0 bridgehead atoms. The average molecular weight is 121 g/mol. The van der Waals surface area contributed by atoms with Gasteiger partial charge in [0.25, 0.3) is 0 Å². The van der Waals surface area contributed by atoms with Gasteiger partial charge < -0.3 is 5.32 Å². The molecule has 0 saturated heterocycles. The molecule has 1 rings (SSSR count). The van der Waals surface area contributed by atoms with E-state index in [1.54, 1.807) is 11.8 Å². The van der Waals surface area contributed by atoms with Crippen LogP contribution in [0.3, 0.4) is 0 Å². The van der Waals surface area contributed by atoms with Crippen molar-refractivity contribution in [2.75, 3.05) is 5.88 Å². The number of thioether (sulfide) groups is 1. The molecule has 1 nitrogen and oxygen atoms in total. The minimum atomic E-state index is 0.731. The van der Waals surface area contributed by atoms with E-state index in [-0.39, 0.29) is 0 Å². The predicted molar refractivity (Wildman–Crippen MR) is 28.2 cm³/mol. The second kappa shape index (κ2) is 1.76. The lowest BCUT2D eigenvalue weighted by Crippen LogP contribution is -1.94. The highest BCUT2D eigenvalue weighted by Gasteiger charge is 1.97. The molecular weight excluding hydrogens is 118 g/mol. The molecule has 1 heterocycles. The zero-order chi connectivity index (χ0) is 4.41. The molecule has 0 aromatic rings. The fraction of sp³-hybridized carbons (Fsp3) is 0.333. The van der Waals surface area contributed by atoms with Crippen molar-refractivity contribution >= 4 is 23.4 Å². The fourth-order valence-corrected chi connectivity index (χ4v) is 0.887. The van der Waals surface area contributed by atoms with Gasteiger partial charge in [0, 0.05) is 0 Å². The summed E-state index contributed by atoms with van der Waals surface area (Å²) in [6.07, 6.45) is 2.71. The van der Waals surface area contributed by atoms with Crippen LogP contribution in [0.4, 0.5) is 0 Å². The first kappa shape index (κ1) is 4.34. The molecule has 1 aliphatic rings. The van der Waals surface area contributed by atoms with Crippen LogP contribution >= 0.6 is 23.4 Å². The van der Waals surface area contributed by atoms with E-state index in [9.17, 15) is 0 Å². The average Bonchev–Trinajstić information content (AvgIpc) is 1.86. The van der Waals surface area contributed by atoms with Gasteiger partial charge in [-0.15, -0.1) is 0 Å². The van der Waals surface area contributed by atoms with Crippen LogP contribution in [-0.2, 0) is 0 Å². The Bertz CT molecular complexity index is 80.9. The lowest BCUT2D eigenvalue weighted by atomic mass is 11.0. The monoisotopic (exact) mass is 120 g/mol. The van der Waals surface area contributed by atoms with Crippen LogP contribution in [0.25, 0.3) is 0 Å². The number of rotatable bonds is 0. The Hall–Kier alpha value is 0.180. The Kier molecular flexibility index (Phi) is 1.27. The molecule has 0 aromatic carbocycles. The molecule has 0 unspecified atom stereocenters. The quantitative estimate of drug-likeness (QED) is 0.514. The maximum Gasteiger partial charge on any atom is 0.101 e. The molecule has 0 aliphatic carbocycles. The van der Waals surface area contributed by atoms with E-state index >= 15 is 0 Å². The first-order chi connectivity index (χ1) is 2.89. The lowest BCUT2D eigenvalue weighted by Gasteiger charge is -1.77. The van der Waals surface area contributed by atoms with Gasteiger partial charge in [-0.2, -0.15) is 0 Å². The standard InChI is InChI=1S/C3H3ClNS/c4-3-1-5-2-6-3/h5H,2H2. The van der Waals surface area contributed by atoms with Crippen LogP contribution in [0.5, 0.6) is 0 Å². The first-order valence-corrected chi connectivity index (χ1v) is 2.90. The zero-order valence-electron chi connectivity index (χ0n) is 2.99. The number of hydrogen-bond acceptors (Lipinski definition) is 2. The van der Waals surface area contributed by atoms with Gasteiger partial charge in [0.05, 0.1) is 12.1 Å². The molecule has 0 amide bonds. The van der Waals surface area contributed by atoms with Crippen molar-refractivity contribution in [2.45, 2.75) is 0 Å². The van der Waals surface area contributed by atoms with E-state index < -0.39 is 0 Å². The highest BCUT2D eigenvalue weighted by atomic mass is 35.5. The molecule has 0 atom stereocenters. The van der Waals surface area contributed by atoms with E-state index in [4.69, 9.17) is 11.6 Å². The highest BCUT2D eigenvalue weighted by molar-refractivity contribution is 8.04. The van der Waals surface area contributed by atoms with Gasteiger partial charge >= 0.3 is 0 Å². The van der Waals surface area contributed by atoms with Crippen molar-refractivity contribution in [3.8, 4) is 0 Å². The van der Waals surface area contributed by atoms with Crippen molar-refractivity contribution in [2.24, 2.45) is 0 Å². The Labute approximate surface area is 45.7 Å². The normalized spacial score (nSPS) is 19.8. The summed E-state index contributed by atoms with van der Waals surface area (Å²) in [5.41, 5.74) is 0. The Morgan fingerprint density at radius 3 is 3.00 bits per heavy atom.